The first-order chi connectivity index (χ1) is 9.03. The van der Waals surface area contributed by atoms with Gasteiger partial charge in [0, 0.05) is 17.8 Å². The van der Waals surface area contributed by atoms with Gasteiger partial charge in [-0.05, 0) is 59.6 Å². The summed E-state index contributed by atoms with van der Waals surface area (Å²) in [5, 5.41) is 0. The summed E-state index contributed by atoms with van der Waals surface area (Å²) < 4.78 is 0. The van der Waals surface area contributed by atoms with Crippen molar-refractivity contribution in [3.8, 4) is 0 Å². The molecule has 0 aromatic heterocycles. The normalized spacial score (nSPS) is 15.0. The highest BCUT2D eigenvalue weighted by molar-refractivity contribution is 5.82. The van der Waals surface area contributed by atoms with Gasteiger partial charge in [-0.15, -0.1) is 0 Å². The third kappa shape index (κ3) is 9.40. The van der Waals surface area contributed by atoms with E-state index in [2.05, 4.69) is 50.3 Å². The molecule has 108 valence electrons. The molecule has 0 radical (unpaired) electrons. The summed E-state index contributed by atoms with van der Waals surface area (Å²) >= 11 is 0. The van der Waals surface area contributed by atoms with Crippen LogP contribution in [0.15, 0.2) is 33.9 Å². The molecule has 2 heteroatoms. The van der Waals surface area contributed by atoms with E-state index in [4.69, 9.17) is 0 Å². The second kappa shape index (κ2) is 10.7. The van der Waals surface area contributed by atoms with Crippen LogP contribution >= 0.6 is 0 Å². The Kier molecular flexibility index (Phi) is 10.1. The number of nitrogens with zero attached hydrogens (tertiary/aromatic N) is 2. The summed E-state index contributed by atoms with van der Waals surface area (Å²) in [7, 11) is 0. The van der Waals surface area contributed by atoms with E-state index in [0.29, 0.717) is 6.04 Å². The Hall–Kier alpha value is -1.18. The van der Waals surface area contributed by atoms with Crippen molar-refractivity contribution in [2.45, 2.75) is 72.8 Å². The molecule has 1 atom stereocenters. The number of rotatable bonds is 9. The highest BCUT2D eigenvalue weighted by Crippen LogP contribution is 2.17. The molecule has 2 nitrogen and oxygen atoms in total. The molecule has 0 spiro atoms. The second-order valence-corrected chi connectivity index (χ2v) is 5.06. The first kappa shape index (κ1) is 17.8. The van der Waals surface area contributed by atoms with Crippen molar-refractivity contribution >= 4 is 11.9 Å². The molecule has 0 aliphatic carbocycles. The Morgan fingerprint density at radius 1 is 1.26 bits per heavy atom. The molecule has 0 bridgehead atoms. The average molecular weight is 262 g/mol. The van der Waals surface area contributed by atoms with Crippen molar-refractivity contribution in [3.63, 3.8) is 0 Å². The number of aliphatic imine (C=N–C) groups is 2. The maximum Gasteiger partial charge on any atom is 0.0550 e. The quantitative estimate of drug-likeness (QED) is 0.395. The third-order valence-electron chi connectivity index (χ3n) is 3.29. The van der Waals surface area contributed by atoms with Gasteiger partial charge >= 0.3 is 0 Å². The van der Waals surface area contributed by atoms with Crippen LogP contribution < -0.4 is 0 Å². The molecular weight excluding hydrogens is 232 g/mol. The summed E-state index contributed by atoms with van der Waals surface area (Å²) in [6, 6.07) is 0.329. The second-order valence-electron chi connectivity index (χ2n) is 5.06. The van der Waals surface area contributed by atoms with Crippen molar-refractivity contribution in [2.75, 3.05) is 0 Å². The van der Waals surface area contributed by atoms with Gasteiger partial charge in [0.2, 0.25) is 0 Å². The lowest BCUT2D eigenvalue weighted by Gasteiger charge is -2.12. The standard InChI is InChI=1S/C17H30N2/c1-7-14(4)11-10-12-17(18-9-3)13-16(6)19-15(5)8-2/h7,9,17H,6,8,10-13H2,1-5H3/b14-7+,18-9+,19-15+. The molecule has 0 aromatic carbocycles. The van der Waals surface area contributed by atoms with Crippen LogP contribution in [-0.2, 0) is 0 Å². The van der Waals surface area contributed by atoms with Crippen LogP contribution in [0.3, 0.4) is 0 Å². The van der Waals surface area contributed by atoms with Gasteiger partial charge in [-0.2, -0.15) is 0 Å². The predicted octanol–water partition coefficient (Wildman–Crippen LogP) is 5.36. The van der Waals surface area contributed by atoms with E-state index in [-0.39, 0.29) is 0 Å². The minimum Gasteiger partial charge on any atom is -0.294 e. The first-order valence-electron chi connectivity index (χ1n) is 7.34. The van der Waals surface area contributed by atoms with E-state index in [9.17, 15) is 0 Å². The smallest absolute Gasteiger partial charge is 0.0550 e. The summed E-state index contributed by atoms with van der Waals surface area (Å²) in [5.41, 5.74) is 3.56. The lowest BCUT2D eigenvalue weighted by molar-refractivity contribution is 0.579. The summed E-state index contributed by atoms with van der Waals surface area (Å²) in [6.07, 6.45) is 9.40. The maximum atomic E-state index is 4.55. The minimum absolute atomic E-state index is 0.329. The predicted molar refractivity (Wildman–Crippen MR) is 88.4 cm³/mol. The molecule has 0 aliphatic rings. The van der Waals surface area contributed by atoms with Crippen molar-refractivity contribution in [1.82, 2.24) is 0 Å². The van der Waals surface area contributed by atoms with Crippen molar-refractivity contribution in [1.29, 1.82) is 0 Å². The Morgan fingerprint density at radius 3 is 2.47 bits per heavy atom. The van der Waals surface area contributed by atoms with Crippen LogP contribution in [0.4, 0.5) is 0 Å². The van der Waals surface area contributed by atoms with E-state index in [0.717, 1.165) is 37.1 Å². The summed E-state index contributed by atoms with van der Waals surface area (Å²) in [6.45, 7) is 14.5. The zero-order valence-electron chi connectivity index (χ0n) is 13.4. The Labute approximate surface area is 119 Å². The van der Waals surface area contributed by atoms with Gasteiger partial charge < -0.3 is 0 Å². The van der Waals surface area contributed by atoms with Crippen molar-refractivity contribution < 1.29 is 0 Å². The molecule has 0 saturated heterocycles. The van der Waals surface area contributed by atoms with E-state index >= 15 is 0 Å². The molecule has 0 saturated carbocycles. The Morgan fingerprint density at radius 2 is 1.95 bits per heavy atom. The van der Waals surface area contributed by atoms with Crippen LogP contribution in [0.25, 0.3) is 0 Å². The van der Waals surface area contributed by atoms with Gasteiger partial charge in [-0.3, -0.25) is 9.98 Å². The minimum atomic E-state index is 0.329. The zero-order valence-corrected chi connectivity index (χ0v) is 13.4. The van der Waals surface area contributed by atoms with Crippen molar-refractivity contribution in [3.05, 3.63) is 23.9 Å². The van der Waals surface area contributed by atoms with E-state index < -0.39 is 0 Å². The molecule has 0 fully saturated rings. The monoisotopic (exact) mass is 262 g/mol. The van der Waals surface area contributed by atoms with Crippen LogP contribution in [-0.4, -0.2) is 18.0 Å². The third-order valence-corrected chi connectivity index (χ3v) is 3.29. The maximum absolute atomic E-state index is 4.55. The molecule has 0 heterocycles. The van der Waals surface area contributed by atoms with Gasteiger partial charge in [0.05, 0.1) is 6.04 Å². The van der Waals surface area contributed by atoms with E-state index in [1.54, 1.807) is 0 Å². The Bertz CT molecular complexity index is 348. The van der Waals surface area contributed by atoms with Gasteiger partial charge in [-0.1, -0.05) is 25.2 Å². The molecular formula is C17H30N2. The number of allylic oxidation sites excluding steroid dienone is 2. The molecule has 19 heavy (non-hydrogen) atoms. The highest BCUT2D eigenvalue weighted by atomic mass is 14.8. The summed E-state index contributed by atoms with van der Waals surface area (Å²) in [4.78, 5) is 9.06. The van der Waals surface area contributed by atoms with Gasteiger partial charge in [0.15, 0.2) is 0 Å². The van der Waals surface area contributed by atoms with Crippen LogP contribution in [0, 0.1) is 0 Å². The fourth-order valence-corrected chi connectivity index (χ4v) is 1.87. The van der Waals surface area contributed by atoms with Gasteiger partial charge in [0.1, 0.15) is 0 Å². The number of hydrogen-bond acceptors (Lipinski definition) is 2. The molecule has 0 N–H and O–H groups in total. The molecule has 0 aromatic rings. The SMILES string of the molecule is C=C(CC(CCC/C(C)=C/C)/N=C/C)/N=C(\C)CC. The largest absolute Gasteiger partial charge is 0.294 e. The fourth-order valence-electron chi connectivity index (χ4n) is 1.87. The van der Waals surface area contributed by atoms with E-state index in [1.165, 1.54) is 12.0 Å². The lowest BCUT2D eigenvalue weighted by atomic mass is 10.0. The lowest BCUT2D eigenvalue weighted by Crippen LogP contribution is -2.06. The molecule has 0 aliphatic heterocycles. The van der Waals surface area contributed by atoms with Crippen molar-refractivity contribution in [2.24, 2.45) is 9.98 Å². The van der Waals surface area contributed by atoms with Crippen LogP contribution in [0.1, 0.15) is 66.7 Å². The molecule has 1 unspecified atom stereocenters. The van der Waals surface area contributed by atoms with Crippen LogP contribution in [0.5, 0.6) is 0 Å². The van der Waals surface area contributed by atoms with Gasteiger partial charge in [-0.25, -0.2) is 0 Å². The Balaban J connectivity index is 4.30. The average Bonchev–Trinajstić information content (AvgIpc) is 2.38. The fraction of sp³-hybridized carbons (Fsp3) is 0.647. The molecule has 0 amide bonds. The topological polar surface area (TPSA) is 24.7 Å². The van der Waals surface area contributed by atoms with E-state index in [1.807, 2.05) is 13.1 Å². The summed E-state index contributed by atoms with van der Waals surface area (Å²) in [5.74, 6) is 0. The number of hydrogen-bond donors (Lipinski definition) is 0. The molecule has 0 rings (SSSR count). The first-order valence-corrected chi connectivity index (χ1v) is 7.34. The van der Waals surface area contributed by atoms with Gasteiger partial charge in [0.25, 0.3) is 0 Å². The highest BCUT2D eigenvalue weighted by Gasteiger charge is 2.08. The van der Waals surface area contributed by atoms with Crippen LogP contribution in [0.2, 0.25) is 0 Å². The zero-order chi connectivity index (χ0) is 14.7.